The fourth-order valence-corrected chi connectivity index (χ4v) is 1.59. The Morgan fingerprint density at radius 1 is 1.39 bits per heavy atom. The van der Waals surface area contributed by atoms with Crippen LogP contribution in [0.15, 0.2) is 36.9 Å². The quantitative estimate of drug-likeness (QED) is 0.893. The summed E-state index contributed by atoms with van der Waals surface area (Å²) < 4.78 is 1.65. The summed E-state index contributed by atoms with van der Waals surface area (Å²) in [6.07, 6.45) is 3.07. The summed E-state index contributed by atoms with van der Waals surface area (Å²) >= 11 is 0. The molecule has 18 heavy (non-hydrogen) atoms. The molecule has 0 bridgehead atoms. The monoisotopic (exact) mass is 244 g/mol. The zero-order valence-corrected chi connectivity index (χ0v) is 10.5. The summed E-state index contributed by atoms with van der Waals surface area (Å²) in [5.74, 6) is -0.178. The van der Waals surface area contributed by atoms with Gasteiger partial charge in [-0.3, -0.25) is 9.48 Å². The Hall–Kier alpha value is -2.17. The van der Waals surface area contributed by atoms with Gasteiger partial charge in [-0.15, -0.1) is 0 Å². The van der Waals surface area contributed by atoms with Crippen molar-refractivity contribution in [1.29, 1.82) is 0 Å². The lowest BCUT2D eigenvalue weighted by molar-refractivity contribution is -0.119. The Bertz CT molecular complexity index is 504. The first-order valence-corrected chi connectivity index (χ1v) is 5.85. The predicted molar refractivity (Wildman–Crippen MR) is 69.0 cm³/mol. The van der Waals surface area contributed by atoms with Crippen LogP contribution in [0, 0.1) is 12.8 Å². The van der Waals surface area contributed by atoms with Crippen molar-refractivity contribution in [1.82, 2.24) is 14.8 Å². The third-order valence-corrected chi connectivity index (χ3v) is 2.69. The van der Waals surface area contributed by atoms with Crippen LogP contribution in [0.4, 0.5) is 5.69 Å². The minimum Gasteiger partial charge on any atom is -0.326 e. The lowest BCUT2D eigenvalue weighted by Crippen LogP contribution is -2.24. The van der Waals surface area contributed by atoms with Gasteiger partial charge in [-0.1, -0.05) is 24.6 Å². The summed E-state index contributed by atoms with van der Waals surface area (Å²) in [7, 11) is 0. The Morgan fingerprint density at radius 2 is 2.11 bits per heavy atom. The molecule has 1 amide bonds. The smallest absolute Gasteiger partial charge is 0.229 e. The fourth-order valence-electron chi connectivity index (χ4n) is 1.59. The van der Waals surface area contributed by atoms with Crippen molar-refractivity contribution in [2.24, 2.45) is 5.92 Å². The van der Waals surface area contributed by atoms with Crippen LogP contribution in [-0.4, -0.2) is 20.7 Å². The van der Waals surface area contributed by atoms with E-state index in [-0.39, 0.29) is 11.8 Å². The minimum absolute atomic E-state index is 0.0191. The van der Waals surface area contributed by atoms with E-state index in [1.165, 1.54) is 11.9 Å². The molecule has 2 rings (SSSR count). The first-order chi connectivity index (χ1) is 8.65. The van der Waals surface area contributed by atoms with Crippen LogP contribution in [0.25, 0.3) is 0 Å². The molecule has 2 aromatic rings. The molecule has 1 unspecified atom stereocenters. The Balaban J connectivity index is 1.93. The van der Waals surface area contributed by atoms with Crippen LogP contribution < -0.4 is 5.32 Å². The molecule has 0 saturated heterocycles. The van der Waals surface area contributed by atoms with E-state index >= 15 is 0 Å². The number of hydrogen-bond donors (Lipinski definition) is 1. The van der Waals surface area contributed by atoms with Crippen LogP contribution in [0.5, 0.6) is 0 Å². The van der Waals surface area contributed by atoms with Gasteiger partial charge in [0.15, 0.2) is 0 Å². The standard InChI is InChI=1S/C13H16N4O/c1-10-3-5-12(6-4-10)16-13(18)11(2)7-17-9-14-8-15-17/h3-6,8-9,11H,7H2,1-2H3,(H,16,18). The molecule has 0 aliphatic rings. The van der Waals surface area contributed by atoms with Gasteiger partial charge in [-0.2, -0.15) is 5.10 Å². The number of aryl methyl sites for hydroxylation is 1. The van der Waals surface area contributed by atoms with E-state index < -0.39 is 0 Å². The molecule has 1 aromatic heterocycles. The first-order valence-electron chi connectivity index (χ1n) is 5.85. The van der Waals surface area contributed by atoms with Gasteiger partial charge in [0.05, 0.1) is 12.5 Å². The number of nitrogens with zero attached hydrogens (tertiary/aromatic N) is 3. The van der Waals surface area contributed by atoms with Gasteiger partial charge in [0.1, 0.15) is 12.7 Å². The molecule has 1 N–H and O–H groups in total. The molecule has 0 fully saturated rings. The molecule has 0 aliphatic heterocycles. The molecular formula is C13H16N4O. The summed E-state index contributed by atoms with van der Waals surface area (Å²) in [6, 6.07) is 7.74. The van der Waals surface area contributed by atoms with E-state index in [0.29, 0.717) is 6.54 Å². The SMILES string of the molecule is Cc1ccc(NC(=O)C(C)Cn2cncn2)cc1. The van der Waals surface area contributed by atoms with Gasteiger partial charge in [0.2, 0.25) is 5.91 Å². The summed E-state index contributed by atoms with van der Waals surface area (Å²) in [4.78, 5) is 15.8. The fraction of sp³-hybridized carbons (Fsp3) is 0.308. The second-order valence-corrected chi connectivity index (χ2v) is 4.37. The first kappa shape index (κ1) is 12.3. The average molecular weight is 244 g/mol. The largest absolute Gasteiger partial charge is 0.326 e. The number of benzene rings is 1. The lowest BCUT2D eigenvalue weighted by atomic mass is 10.1. The Kier molecular flexibility index (Phi) is 3.72. The highest BCUT2D eigenvalue weighted by molar-refractivity contribution is 5.92. The number of aromatic nitrogens is 3. The number of amides is 1. The van der Waals surface area contributed by atoms with E-state index in [1.54, 1.807) is 11.0 Å². The Morgan fingerprint density at radius 3 is 2.72 bits per heavy atom. The third kappa shape index (κ3) is 3.16. The molecule has 0 saturated carbocycles. The van der Waals surface area contributed by atoms with Crippen molar-refractivity contribution in [2.45, 2.75) is 20.4 Å². The minimum atomic E-state index is -0.159. The summed E-state index contributed by atoms with van der Waals surface area (Å²) in [5.41, 5.74) is 1.99. The average Bonchev–Trinajstić information content (AvgIpc) is 2.85. The molecular weight excluding hydrogens is 228 g/mol. The van der Waals surface area contributed by atoms with Crippen molar-refractivity contribution >= 4 is 11.6 Å². The van der Waals surface area contributed by atoms with Gasteiger partial charge >= 0.3 is 0 Å². The topological polar surface area (TPSA) is 59.8 Å². The van der Waals surface area contributed by atoms with Gasteiger partial charge in [0, 0.05) is 5.69 Å². The van der Waals surface area contributed by atoms with Crippen LogP contribution >= 0.6 is 0 Å². The lowest BCUT2D eigenvalue weighted by Gasteiger charge is -2.12. The highest BCUT2D eigenvalue weighted by Gasteiger charge is 2.13. The van der Waals surface area contributed by atoms with Crippen LogP contribution in [0.2, 0.25) is 0 Å². The number of hydrogen-bond acceptors (Lipinski definition) is 3. The molecule has 5 heteroatoms. The predicted octanol–water partition coefficient (Wildman–Crippen LogP) is 1.86. The van der Waals surface area contributed by atoms with Crippen molar-refractivity contribution in [2.75, 3.05) is 5.32 Å². The molecule has 1 atom stereocenters. The highest BCUT2D eigenvalue weighted by Crippen LogP contribution is 2.10. The maximum absolute atomic E-state index is 12.0. The maximum Gasteiger partial charge on any atom is 0.229 e. The van der Waals surface area contributed by atoms with E-state index in [0.717, 1.165) is 5.69 Å². The van der Waals surface area contributed by atoms with Crippen molar-refractivity contribution in [3.8, 4) is 0 Å². The molecule has 0 radical (unpaired) electrons. The second kappa shape index (κ2) is 5.44. The third-order valence-electron chi connectivity index (χ3n) is 2.69. The molecule has 5 nitrogen and oxygen atoms in total. The van der Waals surface area contributed by atoms with Crippen molar-refractivity contribution in [3.05, 3.63) is 42.5 Å². The molecule has 0 aliphatic carbocycles. The summed E-state index contributed by atoms with van der Waals surface area (Å²) in [6.45, 7) is 4.40. The number of carbonyl (C=O) groups is 1. The zero-order valence-electron chi connectivity index (χ0n) is 10.5. The molecule has 1 heterocycles. The zero-order chi connectivity index (χ0) is 13.0. The molecule has 94 valence electrons. The second-order valence-electron chi connectivity index (χ2n) is 4.37. The number of nitrogens with one attached hydrogen (secondary N) is 1. The van der Waals surface area contributed by atoms with Gasteiger partial charge in [-0.25, -0.2) is 4.98 Å². The van der Waals surface area contributed by atoms with Crippen molar-refractivity contribution in [3.63, 3.8) is 0 Å². The molecule has 0 spiro atoms. The van der Waals surface area contributed by atoms with Crippen LogP contribution in [0.1, 0.15) is 12.5 Å². The van der Waals surface area contributed by atoms with Gasteiger partial charge < -0.3 is 5.32 Å². The molecule has 1 aromatic carbocycles. The number of rotatable bonds is 4. The summed E-state index contributed by atoms with van der Waals surface area (Å²) in [5, 5.41) is 6.86. The van der Waals surface area contributed by atoms with E-state index in [1.807, 2.05) is 38.1 Å². The van der Waals surface area contributed by atoms with Gasteiger partial charge in [-0.05, 0) is 19.1 Å². The normalized spacial score (nSPS) is 12.1. The Labute approximate surface area is 106 Å². The van der Waals surface area contributed by atoms with E-state index in [2.05, 4.69) is 15.4 Å². The van der Waals surface area contributed by atoms with Crippen LogP contribution in [-0.2, 0) is 11.3 Å². The van der Waals surface area contributed by atoms with Crippen molar-refractivity contribution < 1.29 is 4.79 Å². The van der Waals surface area contributed by atoms with Crippen LogP contribution in [0.3, 0.4) is 0 Å². The number of carbonyl (C=O) groups excluding carboxylic acids is 1. The maximum atomic E-state index is 12.0. The van der Waals surface area contributed by atoms with E-state index in [4.69, 9.17) is 0 Å². The number of anilines is 1. The van der Waals surface area contributed by atoms with Gasteiger partial charge in [0.25, 0.3) is 0 Å². The highest BCUT2D eigenvalue weighted by atomic mass is 16.1. The van der Waals surface area contributed by atoms with E-state index in [9.17, 15) is 4.79 Å².